The molecule has 0 spiro atoms. The fourth-order valence-electron chi connectivity index (χ4n) is 2.59. The summed E-state index contributed by atoms with van der Waals surface area (Å²) in [5, 5.41) is 14.8. The van der Waals surface area contributed by atoms with Gasteiger partial charge in [0, 0.05) is 6.07 Å². The van der Waals surface area contributed by atoms with Crippen LogP contribution in [0.15, 0.2) is 81.2 Å². The van der Waals surface area contributed by atoms with Gasteiger partial charge in [0.1, 0.15) is 10.5 Å². The Morgan fingerprint density at radius 2 is 1.81 bits per heavy atom. The number of hydrazone groups is 1. The largest absolute Gasteiger partial charge is 0.378 e. The summed E-state index contributed by atoms with van der Waals surface area (Å²) in [4.78, 5) is 22.6. The van der Waals surface area contributed by atoms with Gasteiger partial charge in [0.05, 0.1) is 15.6 Å². The summed E-state index contributed by atoms with van der Waals surface area (Å²) in [5.41, 5.74) is 3.20. The van der Waals surface area contributed by atoms with Crippen LogP contribution in [-0.4, -0.2) is 25.5 Å². The molecule has 0 saturated carbocycles. The molecule has 0 unspecified atom stereocenters. The van der Waals surface area contributed by atoms with Crippen molar-refractivity contribution >= 4 is 43.9 Å². The van der Waals surface area contributed by atoms with Crippen molar-refractivity contribution in [1.29, 1.82) is 0 Å². The number of hydrogen-bond donors (Lipinski definition) is 1. The van der Waals surface area contributed by atoms with E-state index in [1.54, 1.807) is 18.2 Å². The molecule has 0 heterocycles. The van der Waals surface area contributed by atoms with Gasteiger partial charge >= 0.3 is 10.1 Å². The Morgan fingerprint density at radius 1 is 1.12 bits per heavy atom. The highest BCUT2D eigenvalue weighted by atomic mass is 79.9. The van der Waals surface area contributed by atoms with E-state index in [1.807, 2.05) is 6.92 Å². The molecule has 164 valence electrons. The zero-order chi connectivity index (χ0) is 23.3. The van der Waals surface area contributed by atoms with Crippen LogP contribution in [0.1, 0.15) is 21.5 Å². The fraction of sp³-hybridized carbons (Fsp3) is 0.0476. The highest BCUT2D eigenvalue weighted by Gasteiger charge is 2.19. The second-order valence-corrected chi connectivity index (χ2v) is 8.91. The number of carbonyl (C=O) groups is 1. The lowest BCUT2D eigenvalue weighted by Gasteiger charge is -2.09. The van der Waals surface area contributed by atoms with Crippen molar-refractivity contribution in [2.75, 3.05) is 0 Å². The van der Waals surface area contributed by atoms with Gasteiger partial charge in [-0.1, -0.05) is 29.8 Å². The van der Waals surface area contributed by atoms with E-state index in [0.717, 1.165) is 5.56 Å². The standard InChI is InChI=1S/C21H16BrN3O6S/c1-14-6-9-16(10-7-14)32(29,30)31-20-11-8-15(12-18(20)22)13-23-24-21(26)17-4-2-3-5-19(17)25(27)28/h2-13H,1H3,(H,24,26)/b23-13-. The Kier molecular flexibility index (Phi) is 7.01. The molecule has 0 aliphatic carbocycles. The average molecular weight is 518 g/mol. The molecule has 9 nitrogen and oxygen atoms in total. The van der Waals surface area contributed by atoms with E-state index in [0.29, 0.717) is 10.0 Å². The number of carbonyl (C=O) groups excluding carboxylic acids is 1. The first-order valence-corrected chi connectivity index (χ1v) is 11.2. The average Bonchev–Trinajstić information content (AvgIpc) is 2.75. The van der Waals surface area contributed by atoms with E-state index in [9.17, 15) is 23.3 Å². The molecule has 0 aliphatic rings. The van der Waals surface area contributed by atoms with Crippen molar-refractivity contribution in [2.45, 2.75) is 11.8 Å². The highest BCUT2D eigenvalue weighted by molar-refractivity contribution is 9.10. The van der Waals surface area contributed by atoms with Gasteiger partial charge in [0.2, 0.25) is 0 Å². The van der Waals surface area contributed by atoms with Crippen molar-refractivity contribution < 1.29 is 22.3 Å². The maximum absolute atomic E-state index is 12.4. The molecule has 1 amide bonds. The molecule has 0 aromatic heterocycles. The molecule has 3 rings (SSSR count). The lowest BCUT2D eigenvalue weighted by atomic mass is 10.2. The highest BCUT2D eigenvalue weighted by Crippen LogP contribution is 2.28. The van der Waals surface area contributed by atoms with Crippen LogP contribution in [0.4, 0.5) is 5.69 Å². The molecular weight excluding hydrogens is 502 g/mol. The number of benzene rings is 3. The number of halogens is 1. The Labute approximate surface area is 192 Å². The third kappa shape index (κ3) is 5.56. The first-order chi connectivity index (χ1) is 15.2. The first kappa shape index (κ1) is 23.1. The molecule has 3 aromatic rings. The van der Waals surface area contributed by atoms with Crippen molar-refractivity contribution in [2.24, 2.45) is 5.10 Å². The van der Waals surface area contributed by atoms with Crippen LogP contribution in [0.2, 0.25) is 0 Å². The third-order valence-electron chi connectivity index (χ3n) is 4.19. The fourth-order valence-corrected chi connectivity index (χ4v) is 4.12. The van der Waals surface area contributed by atoms with Crippen LogP contribution < -0.4 is 9.61 Å². The van der Waals surface area contributed by atoms with E-state index in [2.05, 4.69) is 26.5 Å². The summed E-state index contributed by atoms with van der Waals surface area (Å²) in [7, 11) is -4.01. The zero-order valence-corrected chi connectivity index (χ0v) is 19.0. The number of nitrogens with one attached hydrogen (secondary N) is 1. The number of nitro groups is 1. The van der Waals surface area contributed by atoms with Crippen LogP contribution in [0.3, 0.4) is 0 Å². The second kappa shape index (κ2) is 9.71. The van der Waals surface area contributed by atoms with Crippen LogP contribution in [0.25, 0.3) is 0 Å². The van der Waals surface area contributed by atoms with Gasteiger partial charge in [-0.15, -0.1) is 0 Å². The quantitative estimate of drug-likeness (QED) is 0.216. The maximum atomic E-state index is 12.4. The molecule has 0 saturated heterocycles. The monoisotopic (exact) mass is 517 g/mol. The molecule has 0 radical (unpaired) electrons. The normalized spacial score (nSPS) is 11.3. The summed E-state index contributed by atoms with van der Waals surface area (Å²) in [6, 6.07) is 16.3. The molecule has 32 heavy (non-hydrogen) atoms. The van der Waals surface area contributed by atoms with Gasteiger partial charge in [-0.25, -0.2) is 5.43 Å². The van der Waals surface area contributed by atoms with E-state index in [1.165, 1.54) is 54.7 Å². The van der Waals surface area contributed by atoms with Gasteiger partial charge in [-0.2, -0.15) is 13.5 Å². The molecule has 0 fully saturated rings. The van der Waals surface area contributed by atoms with Crippen molar-refractivity contribution in [3.05, 3.63) is 98.0 Å². The Balaban J connectivity index is 1.70. The Hall–Kier alpha value is -3.57. The van der Waals surface area contributed by atoms with Gasteiger partial charge in [-0.3, -0.25) is 14.9 Å². The van der Waals surface area contributed by atoms with Crippen LogP contribution in [-0.2, 0) is 10.1 Å². The van der Waals surface area contributed by atoms with Crippen LogP contribution in [0, 0.1) is 17.0 Å². The number of hydrogen-bond acceptors (Lipinski definition) is 7. The van der Waals surface area contributed by atoms with Crippen molar-refractivity contribution in [3.8, 4) is 5.75 Å². The van der Waals surface area contributed by atoms with Crippen molar-refractivity contribution in [3.63, 3.8) is 0 Å². The van der Waals surface area contributed by atoms with Crippen LogP contribution in [0.5, 0.6) is 5.75 Å². The van der Waals surface area contributed by atoms with E-state index in [-0.39, 0.29) is 21.9 Å². The number of amides is 1. The number of para-hydroxylation sites is 1. The van der Waals surface area contributed by atoms with Gasteiger partial charge in [0.25, 0.3) is 11.6 Å². The Bertz CT molecular complexity index is 1310. The summed E-state index contributed by atoms with van der Waals surface area (Å²) in [5.74, 6) is -0.663. The zero-order valence-electron chi connectivity index (χ0n) is 16.6. The topological polar surface area (TPSA) is 128 Å². The predicted octanol–water partition coefficient (Wildman–Crippen LogP) is 4.20. The number of nitro benzene ring substituents is 1. The molecule has 0 aliphatic heterocycles. The minimum absolute atomic E-state index is 0.0263. The summed E-state index contributed by atoms with van der Waals surface area (Å²) in [6.45, 7) is 1.84. The van der Waals surface area contributed by atoms with Gasteiger partial charge in [0.15, 0.2) is 5.75 Å². The summed E-state index contributed by atoms with van der Waals surface area (Å²) in [6.07, 6.45) is 1.30. The molecule has 0 atom stereocenters. The summed E-state index contributed by atoms with van der Waals surface area (Å²) < 4.78 is 30.4. The lowest BCUT2D eigenvalue weighted by molar-refractivity contribution is -0.385. The minimum atomic E-state index is -4.01. The molecule has 11 heteroatoms. The second-order valence-electron chi connectivity index (χ2n) is 6.51. The van der Waals surface area contributed by atoms with E-state index >= 15 is 0 Å². The molecule has 3 aromatic carbocycles. The smallest absolute Gasteiger partial charge is 0.339 e. The number of nitrogens with zero attached hydrogens (tertiary/aromatic N) is 2. The van der Waals surface area contributed by atoms with E-state index < -0.39 is 20.9 Å². The molecular formula is C21H16BrN3O6S. The number of rotatable bonds is 7. The molecule has 0 bridgehead atoms. The summed E-state index contributed by atoms with van der Waals surface area (Å²) >= 11 is 3.25. The maximum Gasteiger partial charge on any atom is 0.339 e. The number of aryl methyl sites for hydroxylation is 1. The molecule has 1 N–H and O–H groups in total. The van der Waals surface area contributed by atoms with Crippen molar-refractivity contribution in [1.82, 2.24) is 5.43 Å². The predicted molar refractivity (Wildman–Crippen MR) is 121 cm³/mol. The SMILES string of the molecule is Cc1ccc(S(=O)(=O)Oc2ccc(/C=N\NC(=O)c3ccccc3[N+](=O)[O-])cc2Br)cc1. The van der Waals surface area contributed by atoms with Crippen LogP contribution >= 0.6 is 15.9 Å². The van der Waals surface area contributed by atoms with Gasteiger partial charge in [-0.05, 0) is 64.8 Å². The lowest BCUT2D eigenvalue weighted by Crippen LogP contribution is -2.18. The third-order valence-corrected chi connectivity index (χ3v) is 6.06. The minimum Gasteiger partial charge on any atom is -0.378 e. The first-order valence-electron chi connectivity index (χ1n) is 9.05. The van der Waals surface area contributed by atoms with E-state index in [4.69, 9.17) is 4.18 Å². The Morgan fingerprint density at radius 3 is 2.47 bits per heavy atom. The van der Waals surface area contributed by atoms with Gasteiger partial charge < -0.3 is 4.18 Å².